The van der Waals surface area contributed by atoms with E-state index in [0.717, 1.165) is 23.0 Å². The van der Waals surface area contributed by atoms with Gasteiger partial charge in [-0.05, 0) is 36.9 Å². The molecule has 40 heavy (non-hydrogen) atoms. The van der Waals surface area contributed by atoms with Crippen LogP contribution in [0.2, 0.25) is 0 Å². The molecule has 3 aromatic rings. The number of anilines is 1. The van der Waals surface area contributed by atoms with Gasteiger partial charge in [-0.3, -0.25) is 14.6 Å². The zero-order valence-electron chi connectivity index (χ0n) is 22.4. The number of pyridine rings is 1. The number of halogens is 3. The number of fused-ring (bicyclic) bond motifs is 1. The summed E-state index contributed by atoms with van der Waals surface area (Å²) in [4.78, 5) is 31.2. The SMILES string of the molecule is CNC(C[N+]1(C)CC(N)[C@@H](N)C1)C(=O)N[C@H](Cc1ccc(C(F)(F)F)cc1)C(=O)Nc1cnc2ccccc2c1. The van der Waals surface area contributed by atoms with E-state index in [1.807, 2.05) is 31.3 Å². The third-order valence-corrected chi connectivity index (χ3v) is 7.35. The summed E-state index contributed by atoms with van der Waals surface area (Å²) in [5.74, 6) is -0.939. The quantitative estimate of drug-likeness (QED) is 0.254. The molecule has 2 aromatic carbocycles. The summed E-state index contributed by atoms with van der Waals surface area (Å²) >= 11 is 0. The molecule has 1 aliphatic rings. The van der Waals surface area contributed by atoms with Crippen molar-refractivity contribution >= 4 is 28.4 Å². The minimum Gasteiger partial charge on any atom is -0.342 e. The van der Waals surface area contributed by atoms with Crippen LogP contribution in [0, 0.1) is 0 Å². The standard InChI is InChI=1S/C28H34F3N7O2/c1-34-25(16-38(2)14-21(32)22(33)15-38)27(40)37-24(11-17-7-9-19(10-8-17)28(29,30)31)26(39)36-20-12-18-5-3-4-6-23(18)35-13-20/h3-10,12-13,21-22,24-25,34H,11,14-16,32-33H2,1-2H3,(H-,36,37,39,40)/p+1/t21-,22?,24+,25?,38?/m0/s1. The van der Waals surface area contributed by atoms with Crippen molar-refractivity contribution in [2.45, 2.75) is 36.8 Å². The Morgan fingerprint density at radius 1 is 1.02 bits per heavy atom. The van der Waals surface area contributed by atoms with Crippen molar-refractivity contribution in [3.63, 3.8) is 0 Å². The van der Waals surface area contributed by atoms with Crippen LogP contribution in [0.1, 0.15) is 11.1 Å². The number of likely N-dealkylation sites (tertiary alicyclic amines) is 1. The normalized spacial score (nSPS) is 22.6. The zero-order chi connectivity index (χ0) is 29.1. The van der Waals surface area contributed by atoms with Crippen LogP contribution in [0.4, 0.5) is 18.9 Å². The molecule has 7 N–H and O–H groups in total. The number of nitrogens with one attached hydrogen (secondary N) is 3. The molecule has 1 aliphatic heterocycles. The molecule has 3 unspecified atom stereocenters. The van der Waals surface area contributed by atoms with Gasteiger partial charge < -0.3 is 31.9 Å². The van der Waals surface area contributed by atoms with Crippen LogP contribution in [-0.2, 0) is 22.2 Å². The largest absolute Gasteiger partial charge is 0.416 e. The van der Waals surface area contributed by atoms with Crippen molar-refractivity contribution in [3.8, 4) is 0 Å². The molecule has 1 aromatic heterocycles. The van der Waals surface area contributed by atoms with Gasteiger partial charge in [0.25, 0.3) is 0 Å². The van der Waals surface area contributed by atoms with Crippen molar-refractivity contribution in [2.24, 2.45) is 11.5 Å². The Morgan fingerprint density at radius 3 is 2.30 bits per heavy atom. The minimum absolute atomic E-state index is 0.0188. The highest BCUT2D eigenvalue weighted by molar-refractivity contribution is 5.99. The smallest absolute Gasteiger partial charge is 0.342 e. The second-order valence-electron chi connectivity index (χ2n) is 10.7. The molecule has 4 rings (SSSR count). The first-order chi connectivity index (χ1) is 18.9. The Kier molecular flexibility index (Phi) is 8.74. The van der Waals surface area contributed by atoms with E-state index in [2.05, 4.69) is 20.9 Å². The summed E-state index contributed by atoms with van der Waals surface area (Å²) in [6.45, 7) is 1.61. The van der Waals surface area contributed by atoms with Gasteiger partial charge in [0.2, 0.25) is 11.8 Å². The van der Waals surface area contributed by atoms with E-state index in [-0.39, 0.29) is 18.5 Å². The number of alkyl halides is 3. The number of carbonyl (C=O) groups is 2. The number of quaternary nitrogens is 1. The summed E-state index contributed by atoms with van der Waals surface area (Å²) in [6, 6.07) is 11.6. The summed E-state index contributed by atoms with van der Waals surface area (Å²) in [5.41, 5.74) is 13.1. The molecular formula is C28H35F3N7O2+. The molecule has 2 amide bonds. The fourth-order valence-corrected chi connectivity index (χ4v) is 5.17. The molecule has 1 saturated heterocycles. The average Bonchev–Trinajstić information content (AvgIpc) is 3.17. The van der Waals surface area contributed by atoms with Crippen LogP contribution in [0.5, 0.6) is 0 Å². The molecule has 0 aliphatic carbocycles. The van der Waals surface area contributed by atoms with Gasteiger partial charge in [0.15, 0.2) is 0 Å². The Balaban J connectivity index is 1.53. The third-order valence-electron chi connectivity index (χ3n) is 7.35. The van der Waals surface area contributed by atoms with Crippen LogP contribution in [0.15, 0.2) is 60.8 Å². The van der Waals surface area contributed by atoms with Gasteiger partial charge in [-0.2, -0.15) is 13.2 Å². The number of likely N-dealkylation sites (N-methyl/N-ethyl adjacent to an activating group) is 2. The van der Waals surface area contributed by atoms with E-state index in [9.17, 15) is 22.8 Å². The van der Waals surface area contributed by atoms with Crippen molar-refractivity contribution < 1.29 is 27.2 Å². The highest BCUT2D eigenvalue weighted by Crippen LogP contribution is 2.29. The van der Waals surface area contributed by atoms with Crippen LogP contribution < -0.4 is 27.4 Å². The highest BCUT2D eigenvalue weighted by atomic mass is 19.4. The van der Waals surface area contributed by atoms with Crippen molar-refractivity contribution in [2.75, 3.05) is 39.0 Å². The van der Waals surface area contributed by atoms with Crippen LogP contribution in [-0.4, -0.2) is 79.2 Å². The maximum absolute atomic E-state index is 13.4. The average molecular weight is 559 g/mol. The predicted octanol–water partition coefficient (Wildman–Crippen LogP) is 1.62. The molecule has 0 bridgehead atoms. The summed E-state index contributed by atoms with van der Waals surface area (Å²) < 4.78 is 39.7. The molecule has 2 heterocycles. The minimum atomic E-state index is -4.48. The number of aromatic nitrogens is 1. The number of rotatable bonds is 9. The molecule has 0 spiro atoms. The van der Waals surface area contributed by atoms with E-state index in [1.54, 1.807) is 13.1 Å². The lowest BCUT2D eigenvalue weighted by Crippen LogP contribution is -2.59. The second kappa shape index (κ2) is 11.9. The lowest BCUT2D eigenvalue weighted by atomic mass is 10.0. The third kappa shape index (κ3) is 7.13. The van der Waals surface area contributed by atoms with Gasteiger partial charge in [-0.15, -0.1) is 0 Å². The molecule has 0 saturated carbocycles. The molecule has 5 atom stereocenters. The maximum Gasteiger partial charge on any atom is 0.416 e. The van der Waals surface area contributed by atoms with E-state index in [0.29, 0.717) is 35.4 Å². The van der Waals surface area contributed by atoms with Crippen molar-refractivity contribution in [1.29, 1.82) is 0 Å². The number of nitrogens with two attached hydrogens (primary N) is 2. The lowest BCUT2D eigenvalue weighted by molar-refractivity contribution is -0.898. The number of hydrogen-bond acceptors (Lipinski definition) is 6. The van der Waals surface area contributed by atoms with E-state index in [1.165, 1.54) is 18.3 Å². The molecule has 0 radical (unpaired) electrons. The Bertz CT molecular complexity index is 1340. The number of amides is 2. The number of nitrogens with zero attached hydrogens (tertiary/aromatic N) is 2. The van der Waals surface area contributed by atoms with Gasteiger partial charge in [-0.1, -0.05) is 30.3 Å². The maximum atomic E-state index is 13.4. The van der Waals surface area contributed by atoms with Gasteiger partial charge in [0, 0.05) is 11.8 Å². The van der Waals surface area contributed by atoms with Crippen molar-refractivity contribution in [1.82, 2.24) is 15.6 Å². The molecule has 214 valence electrons. The fourth-order valence-electron chi connectivity index (χ4n) is 5.17. The van der Waals surface area contributed by atoms with Gasteiger partial charge in [0.1, 0.15) is 18.6 Å². The van der Waals surface area contributed by atoms with E-state index < -0.39 is 35.6 Å². The monoisotopic (exact) mass is 558 g/mol. The summed E-state index contributed by atoms with van der Waals surface area (Å²) in [6.07, 6.45) is -2.99. The van der Waals surface area contributed by atoms with E-state index >= 15 is 0 Å². The molecular weight excluding hydrogens is 523 g/mol. The Labute approximate surface area is 230 Å². The fraction of sp³-hybridized carbons (Fsp3) is 0.393. The van der Waals surface area contributed by atoms with Gasteiger partial charge in [0.05, 0.1) is 55.2 Å². The first-order valence-corrected chi connectivity index (χ1v) is 13.0. The van der Waals surface area contributed by atoms with Crippen molar-refractivity contribution in [3.05, 3.63) is 71.9 Å². The number of para-hydroxylation sites is 1. The van der Waals surface area contributed by atoms with Crippen LogP contribution in [0.25, 0.3) is 10.9 Å². The zero-order valence-corrected chi connectivity index (χ0v) is 22.4. The lowest BCUT2D eigenvalue weighted by Gasteiger charge is -2.33. The number of carbonyl (C=O) groups excluding carboxylic acids is 2. The topological polar surface area (TPSA) is 135 Å². The van der Waals surface area contributed by atoms with Crippen LogP contribution in [0.3, 0.4) is 0 Å². The first kappa shape index (κ1) is 29.4. The Morgan fingerprint density at radius 2 is 1.68 bits per heavy atom. The summed E-state index contributed by atoms with van der Waals surface area (Å²) in [5, 5.41) is 9.42. The number of benzene rings is 2. The van der Waals surface area contributed by atoms with Crippen LogP contribution >= 0.6 is 0 Å². The molecule has 12 heteroatoms. The van der Waals surface area contributed by atoms with Gasteiger partial charge >= 0.3 is 6.18 Å². The highest BCUT2D eigenvalue weighted by Gasteiger charge is 2.41. The van der Waals surface area contributed by atoms with E-state index in [4.69, 9.17) is 11.5 Å². The molecule has 1 fully saturated rings. The first-order valence-electron chi connectivity index (χ1n) is 13.0. The van der Waals surface area contributed by atoms with Gasteiger partial charge in [-0.25, -0.2) is 0 Å². The number of hydrogen-bond donors (Lipinski definition) is 5. The molecule has 9 nitrogen and oxygen atoms in total. The second-order valence-corrected chi connectivity index (χ2v) is 10.7. The predicted molar refractivity (Wildman–Crippen MR) is 147 cm³/mol. The summed E-state index contributed by atoms with van der Waals surface area (Å²) in [7, 11) is 3.63. The Hall–Kier alpha value is -3.58.